The molecule has 0 saturated carbocycles. The predicted molar refractivity (Wildman–Crippen MR) is 97.7 cm³/mol. The number of benzene rings is 1. The number of nitro groups is 1. The normalized spacial score (nSPS) is 10.2. The van der Waals surface area contributed by atoms with Crippen molar-refractivity contribution in [1.82, 2.24) is 15.0 Å². The lowest BCUT2D eigenvalue weighted by Gasteiger charge is -2.11. The molecule has 1 aromatic carbocycles. The summed E-state index contributed by atoms with van der Waals surface area (Å²) in [5, 5.41) is 17.2. The standard InChI is InChI=1S/C17H16N6O3/c1-18-17-21-14(11-5-7-19-8-6-11)10-16(22-17)20-13-4-3-12(26-2)9-15(13)23(24)25/h3-10H,1-2H3,(H2,18,20,21,22). The fourth-order valence-electron chi connectivity index (χ4n) is 2.33. The van der Waals surface area contributed by atoms with E-state index < -0.39 is 4.92 Å². The number of anilines is 3. The van der Waals surface area contributed by atoms with E-state index in [0.29, 0.717) is 28.9 Å². The van der Waals surface area contributed by atoms with Crippen LogP contribution in [0.2, 0.25) is 0 Å². The fraction of sp³-hybridized carbons (Fsp3) is 0.118. The van der Waals surface area contributed by atoms with Gasteiger partial charge in [-0.05, 0) is 24.3 Å². The third kappa shape index (κ3) is 3.66. The smallest absolute Gasteiger partial charge is 0.296 e. The van der Waals surface area contributed by atoms with Crippen LogP contribution in [0.5, 0.6) is 5.75 Å². The molecule has 0 bridgehead atoms. The maximum absolute atomic E-state index is 11.3. The van der Waals surface area contributed by atoms with Crippen LogP contribution in [-0.2, 0) is 0 Å². The number of nitrogens with one attached hydrogen (secondary N) is 2. The Balaban J connectivity index is 2.01. The minimum atomic E-state index is -0.477. The zero-order chi connectivity index (χ0) is 18.5. The summed E-state index contributed by atoms with van der Waals surface area (Å²) in [4.78, 5) is 23.6. The van der Waals surface area contributed by atoms with E-state index in [1.165, 1.54) is 13.2 Å². The molecule has 3 aromatic rings. The molecule has 9 heteroatoms. The van der Waals surface area contributed by atoms with Gasteiger partial charge in [-0.3, -0.25) is 15.1 Å². The van der Waals surface area contributed by atoms with Gasteiger partial charge >= 0.3 is 0 Å². The van der Waals surface area contributed by atoms with E-state index in [9.17, 15) is 10.1 Å². The van der Waals surface area contributed by atoms with Gasteiger partial charge in [0.15, 0.2) is 0 Å². The number of methoxy groups -OCH3 is 1. The molecule has 132 valence electrons. The molecule has 2 N–H and O–H groups in total. The highest BCUT2D eigenvalue weighted by atomic mass is 16.6. The summed E-state index contributed by atoms with van der Waals surface area (Å²) >= 11 is 0. The van der Waals surface area contributed by atoms with Crippen LogP contribution in [0.3, 0.4) is 0 Å². The molecular formula is C17H16N6O3. The molecule has 0 radical (unpaired) electrons. The summed E-state index contributed by atoms with van der Waals surface area (Å²) in [5.74, 6) is 1.21. The Kier molecular flexibility index (Phi) is 4.88. The highest BCUT2D eigenvalue weighted by Gasteiger charge is 2.16. The summed E-state index contributed by atoms with van der Waals surface area (Å²) < 4.78 is 5.05. The summed E-state index contributed by atoms with van der Waals surface area (Å²) in [6.45, 7) is 0. The van der Waals surface area contributed by atoms with Crippen LogP contribution in [-0.4, -0.2) is 34.0 Å². The molecular weight excluding hydrogens is 336 g/mol. The third-order valence-electron chi connectivity index (χ3n) is 3.59. The Hall–Kier alpha value is -3.75. The first-order valence-electron chi connectivity index (χ1n) is 7.67. The number of aromatic nitrogens is 3. The zero-order valence-corrected chi connectivity index (χ0v) is 14.1. The lowest BCUT2D eigenvalue weighted by atomic mass is 10.2. The van der Waals surface area contributed by atoms with Crippen molar-refractivity contribution in [3.63, 3.8) is 0 Å². The molecule has 0 amide bonds. The molecule has 3 rings (SSSR count). The summed E-state index contributed by atoms with van der Waals surface area (Å²) in [6.07, 6.45) is 3.33. The Morgan fingerprint density at radius 1 is 1.12 bits per heavy atom. The summed E-state index contributed by atoms with van der Waals surface area (Å²) in [5.41, 5.74) is 1.70. The van der Waals surface area contributed by atoms with Gasteiger partial charge in [-0.1, -0.05) is 0 Å². The van der Waals surface area contributed by atoms with E-state index >= 15 is 0 Å². The molecule has 9 nitrogen and oxygen atoms in total. The van der Waals surface area contributed by atoms with E-state index in [2.05, 4.69) is 25.6 Å². The molecule has 0 spiro atoms. The zero-order valence-electron chi connectivity index (χ0n) is 14.1. The SMILES string of the molecule is CNc1nc(Nc2ccc(OC)cc2[N+](=O)[O-])cc(-c2ccncc2)n1. The Bertz CT molecular complexity index is 933. The van der Waals surface area contributed by atoms with Crippen LogP contribution in [0.4, 0.5) is 23.1 Å². The van der Waals surface area contributed by atoms with E-state index in [1.807, 2.05) is 12.1 Å². The van der Waals surface area contributed by atoms with Crippen molar-refractivity contribution in [2.24, 2.45) is 0 Å². The van der Waals surface area contributed by atoms with Gasteiger partial charge in [-0.15, -0.1) is 0 Å². The molecule has 0 aliphatic heterocycles. The highest BCUT2D eigenvalue weighted by Crippen LogP contribution is 2.32. The van der Waals surface area contributed by atoms with Gasteiger partial charge in [0.05, 0.1) is 23.8 Å². The van der Waals surface area contributed by atoms with Gasteiger partial charge in [0.25, 0.3) is 5.69 Å². The Morgan fingerprint density at radius 2 is 1.88 bits per heavy atom. The number of nitro benzene ring substituents is 1. The number of ether oxygens (including phenoxy) is 1. The predicted octanol–water partition coefficient (Wildman–Crippen LogP) is 3.24. The Morgan fingerprint density at radius 3 is 2.54 bits per heavy atom. The van der Waals surface area contributed by atoms with Crippen molar-refractivity contribution < 1.29 is 9.66 Å². The van der Waals surface area contributed by atoms with Crippen LogP contribution >= 0.6 is 0 Å². The second-order valence-electron chi connectivity index (χ2n) is 5.21. The van der Waals surface area contributed by atoms with Crippen LogP contribution < -0.4 is 15.4 Å². The average molecular weight is 352 g/mol. The summed E-state index contributed by atoms with van der Waals surface area (Å²) in [6, 6.07) is 9.92. The number of hydrogen-bond donors (Lipinski definition) is 2. The van der Waals surface area contributed by atoms with Crippen LogP contribution in [0.1, 0.15) is 0 Å². The quantitative estimate of drug-likeness (QED) is 0.513. The first kappa shape index (κ1) is 17.1. The van der Waals surface area contributed by atoms with Crippen LogP contribution in [0.25, 0.3) is 11.3 Å². The molecule has 0 fully saturated rings. The Labute approximate surface area is 149 Å². The molecule has 26 heavy (non-hydrogen) atoms. The van der Waals surface area contributed by atoms with E-state index in [-0.39, 0.29) is 5.69 Å². The largest absolute Gasteiger partial charge is 0.496 e. The number of rotatable bonds is 6. The topological polar surface area (TPSA) is 115 Å². The van der Waals surface area contributed by atoms with Crippen molar-refractivity contribution in [2.75, 3.05) is 24.8 Å². The van der Waals surface area contributed by atoms with E-state index in [1.54, 1.807) is 37.6 Å². The van der Waals surface area contributed by atoms with Gasteiger partial charge < -0.3 is 15.4 Å². The lowest BCUT2D eigenvalue weighted by molar-refractivity contribution is -0.384. The van der Waals surface area contributed by atoms with Gasteiger partial charge in [-0.25, -0.2) is 4.98 Å². The van der Waals surface area contributed by atoms with Crippen LogP contribution in [0, 0.1) is 10.1 Å². The third-order valence-corrected chi connectivity index (χ3v) is 3.59. The number of hydrogen-bond acceptors (Lipinski definition) is 8. The van der Waals surface area contributed by atoms with Gasteiger partial charge in [0, 0.05) is 31.1 Å². The van der Waals surface area contributed by atoms with Crippen molar-refractivity contribution in [1.29, 1.82) is 0 Å². The van der Waals surface area contributed by atoms with Crippen molar-refractivity contribution >= 4 is 23.1 Å². The molecule has 0 saturated heterocycles. The molecule has 2 heterocycles. The minimum absolute atomic E-state index is 0.112. The maximum Gasteiger partial charge on any atom is 0.296 e. The van der Waals surface area contributed by atoms with Crippen LogP contribution in [0.15, 0.2) is 48.8 Å². The molecule has 2 aromatic heterocycles. The summed E-state index contributed by atoms with van der Waals surface area (Å²) in [7, 11) is 3.15. The maximum atomic E-state index is 11.3. The lowest BCUT2D eigenvalue weighted by Crippen LogP contribution is -2.03. The first-order chi connectivity index (χ1) is 12.6. The van der Waals surface area contributed by atoms with E-state index in [4.69, 9.17) is 4.74 Å². The monoisotopic (exact) mass is 352 g/mol. The number of nitrogens with zero attached hydrogens (tertiary/aromatic N) is 4. The minimum Gasteiger partial charge on any atom is -0.496 e. The fourth-order valence-corrected chi connectivity index (χ4v) is 2.33. The van der Waals surface area contributed by atoms with Crippen molar-refractivity contribution in [2.45, 2.75) is 0 Å². The second-order valence-corrected chi connectivity index (χ2v) is 5.21. The first-order valence-corrected chi connectivity index (χ1v) is 7.67. The molecule has 0 aliphatic carbocycles. The van der Waals surface area contributed by atoms with Gasteiger partial charge in [-0.2, -0.15) is 4.98 Å². The van der Waals surface area contributed by atoms with E-state index in [0.717, 1.165) is 5.56 Å². The highest BCUT2D eigenvalue weighted by molar-refractivity contribution is 5.72. The molecule has 0 unspecified atom stereocenters. The van der Waals surface area contributed by atoms with Gasteiger partial charge in [0.1, 0.15) is 17.3 Å². The van der Waals surface area contributed by atoms with Crippen molar-refractivity contribution in [3.05, 3.63) is 58.9 Å². The van der Waals surface area contributed by atoms with Gasteiger partial charge in [0.2, 0.25) is 5.95 Å². The molecule has 0 aliphatic rings. The van der Waals surface area contributed by atoms with Crippen molar-refractivity contribution in [3.8, 4) is 17.0 Å². The average Bonchev–Trinajstić information content (AvgIpc) is 2.68. The number of pyridine rings is 1. The molecule has 0 atom stereocenters. The second kappa shape index (κ2) is 7.43.